The van der Waals surface area contributed by atoms with Crippen LogP contribution in [0.1, 0.15) is 89.6 Å². The Kier molecular flexibility index (Phi) is 9.68. The van der Waals surface area contributed by atoms with Gasteiger partial charge in [-0.3, -0.25) is 14.4 Å². The molecule has 1 unspecified atom stereocenters. The zero-order valence-electron chi connectivity index (χ0n) is 33.0. The van der Waals surface area contributed by atoms with Gasteiger partial charge in [-0.15, -0.1) is 0 Å². The molecule has 2 aromatic carbocycles. The van der Waals surface area contributed by atoms with Gasteiger partial charge in [0.2, 0.25) is 0 Å². The van der Waals surface area contributed by atoms with E-state index in [0.29, 0.717) is 5.56 Å². The molecule has 12 atom stereocenters. The third kappa shape index (κ3) is 5.43. The smallest absolute Gasteiger partial charge is 0.338 e. The topological polar surface area (TPSA) is 212 Å². The van der Waals surface area contributed by atoms with E-state index in [1.54, 1.807) is 76.2 Å². The standard InChI is InChI=1S/C43H50O14/c1-22-27(54-36(51)32(47)26(24-14-10-8-11-15-24)18-30(46)57-38(3,4)5)20-41(52)37(55-35(50)25-16-12-9-13-17-25)43-39(6,34(49)33(48)31(22)40(41,43)7)28(45)19-29-42(43,21-53-29)56-23(2)44/h8-17,26-29,32-33,37,45,47-48,52H,18-21H2,1-7H3/t26-,27-,28-,29+,32+,33+,37+,39-,40-,41+,42-,43?/m0/s1. The predicted molar refractivity (Wildman–Crippen MR) is 198 cm³/mol. The van der Waals surface area contributed by atoms with Gasteiger partial charge in [-0.05, 0) is 63.5 Å². The van der Waals surface area contributed by atoms with Gasteiger partial charge in [0.15, 0.2) is 17.5 Å². The third-order valence-corrected chi connectivity index (χ3v) is 13.5. The maximum Gasteiger partial charge on any atom is 0.338 e. The van der Waals surface area contributed by atoms with Crippen LogP contribution in [0.15, 0.2) is 71.8 Å². The van der Waals surface area contributed by atoms with Crippen LogP contribution in [0.3, 0.4) is 0 Å². The average molecular weight is 791 g/mol. The molecule has 4 fully saturated rings. The number of carbonyl (C=O) groups is 5. The molecule has 306 valence electrons. The first kappa shape index (κ1) is 40.7. The summed E-state index contributed by atoms with van der Waals surface area (Å²) in [5.41, 5.74) is -9.87. The molecule has 1 heterocycles. The molecule has 2 aromatic rings. The Balaban J connectivity index is 1.35. The van der Waals surface area contributed by atoms with Gasteiger partial charge in [0.25, 0.3) is 0 Å². The highest BCUT2D eigenvalue weighted by Gasteiger charge is 2.99. The van der Waals surface area contributed by atoms with Crippen molar-refractivity contribution in [1.29, 1.82) is 0 Å². The summed E-state index contributed by atoms with van der Waals surface area (Å²) in [6, 6.07) is 16.3. The fourth-order valence-corrected chi connectivity index (χ4v) is 11.3. The van der Waals surface area contributed by atoms with Gasteiger partial charge in [-0.2, -0.15) is 0 Å². The number of Topliss-reactive ketones (excluding diaryl/α,β-unsaturated/α-hetero) is 1. The maximum absolute atomic E-state index is 14.8. The lowest BCUT2D eigenvalue weighted by Crippen LogP contribution is -3.00. The number of carbonyl (C=O) groups excluding carboxylic acids is 5. The molecular weight excluding hydrogens is 740 g/mol. The Morgan fingerprint density at radius 2 is 1.58 bits per heavy atom. The average Bonchev–Trinajstić information content (AvgIpc) is 3.14. The van der Waals surface area contributed by atoms with Crippen LogP contribution < -0.4 is 0 Å². The summed E-state index contributed by atoms with van der Waals surface area (Å²) in [5.74, 6) is -5.49. The monoisotopic (exact) mass is 790 g/mol. The predicted octanol–water partition coefficient (Wildman–Crippen LogP) is 2.87. The highest BCUT2D eigenvalue weighted by molar-refractivity contribution is 5.98. The highest BCUT2D eigenvalue weighted by Crippen LogP contribution is 2.85. The number of aliphatic hydroxyl groups excluding tert-OH is 3. The summed E-state index contributed by atoms with van der Waals surface area (Å²) < 4.78 is 29.8. The Morgan fingerprint density at radius 1 is 0.965 bits per heavy atom. The molecule has 1 aliphatic heterocycles. The first-order chi connectivity index (χ1) is 26.6. The molecule has 14 nitrogen and oxygen atoms in total. The molecule has 0 amide bonds. The molecule has 1 saturated heterocycles. The number of ketones is 1. The third-order valence-electron chi connectivity index (χ3n) is 13.5. The molecule has 3 saturated carbocycles. The van der Waals surface area contributed by atoms with E-state index in [9.17, 15) is 44.4 Å². The van der Waals surface area contributed by atoms with Gasteiger partial charge in [0.05, 0.1) is 35.5 Å². The molecule has 4 N–H and O–H groups in total. The van der Waals surface area contributed by atoms with Crippen molar-refractivity contribution < 1.29 is 68.1 Å². The second kappa shape index (κ2) is 13.6. The number of benzene rings is 2. The second-order valence-corrected chi connectivity index (χ2v) is 17.5. The van der Waals surface area contributed by atoms with Gasteiger partial charge in [-0.1, -0.05) is 55.5 Å². The fraction of sp³-hybridized carbons (Fsp3) is 0.558. The van der Waals surface area contributed by atoms with Gasteiger partial charge >= 0.3 is 23.9 Å². The van der Waals surface area contributed by atoms with Crippen LogP contribution in [0.2, 0.25) is 0 Å². The van der Waals surface area contributed by atoms with Crippen molar-refractivity contribution >= 4 is 29.7 Å². The van der Waals surface area contributed by atoms with E-state index in [-0.39, 0.29) is 36.2 Å². The molecular formula is C43H50O14. The summed E-state index contributed by atoms with van der Waals surface area (Å²) in [4.78, 5) is 68.9. The van der Waals surface area contributed by atoms with Crippen molar-refractivity contribution in [3.8, 4) is 0 Å². The summed E-state index contributed by atoms with van der Waals surface area (Å²) in [7, 11) is 0. The van der Waals surface area contributed by atoms with Crippen LogP contribution in [0.5, 0.6) is 0 Å². The summed E-state index contributed by atoms with van der Waals surface area (Å²) >= 11 is 0. The summed E-state index contributed by atoms with van der Waals surface area (Å²) in [5, 5.41) is 48.8. The molecule has 0 bridgehead atoms. The van der Waals surface area contributed by atoms with E-state index in [1.165, 1.54) is 32.9 Å². The van der Waals surface area contributed by atoms with Crippen LogP contribution in [0.4, 0.5) is 0 Å². The van der Waals surface area contributed by atoms with Crippen molar-refractivity contribution in [2.75, 3.05) is 6.61 Å². The number of fused-ring (bicyclic) bond motifs is 1. The Bertz CT molecular complexity index is 2020. The van der Waals surface area contributed by atoms with Crippen LogP contribution in [0.25, 0.3) is 0 Å². The van der Waals surface area contributed by atoms with Crippen molar-refractivity contribution in [1.82, 2.24) is 0 Å². The number of aliphatic hydroxyl groups is 4. The van der Waals surface area contributed by atoms with Gasteiger partial charge in [-0.25, -0.2) is 9.59 Å². The number of ether oxygens (including phenoxy) is 5. The Hall–Kier alpha value is -4.47. The van der Waals surface area contributed by atoms with Gasteiger partial charge in [0.1, 0.15) is 35.6 Å². The zero-order chi connectivity index (χ0) is 41.7. The minimum Gasteiger partial charge on any atom is -0.460 e. The first-order valence-electron chi connectivity index (χ1n) is 19.2. The molecule has 4 aliphatic carbocycles. The van der Waals surface area contributed by atoms with E-state index in [4.69, 9.17) is 23.7 Å². The number of hydrogen-bond donors (Lipinski definition) is 4. The number of hydrogen-bond acceptors (Lipinski definition) is 14. The number of rotatable bonds is 9. The molecule has 57 heavy (non-hydrogen) atoms. The molecule has 7 rings (SSSR count). The molecule has 1 spiro atoms. The second-order valence-electron chi connectivity index (χ2n) is 17.5. The number of esters is 4. The molecule has 0 radical (unpaired) electrons. The van der Waals surface area contributed by atoms with Crippen molar-refractivity contribution in [3.05, 3.63) is 82.9 Å². The van der Waals surface area contributed by atoms with Crippen LogP contribution in [-0.2, 0) is 42.9 Å². The van der Waals surface area contributed by atoms with E-state index in [0.717, 1.165) is 0 Å². The molecule has 5 aliphatic rings. The van der Waals surface area contributed by atoms with E-state index in [1.807, 2.05) is 0 Å². The minimum absolute atomic E-state index is 0.0577. The SMILES string of the molecule is CC(=O)O[C@@]12CO[C@@H]1C[C@H](O)[C@@]1(C)C(=O)[C@H](O)C3=C(C)[C@@H](OC(=O)[C@H](O)[C@@H](CC(=O)OC(C)(C)C)c4ccccc4)C[C@@]4(O)[C@@H](OC(=O)c5ccccc5)C21[C@@]34C. The summed E-state index contributed by atoms with van der Waals surface area (Å²) in [6.45, 7) is 10.5. The van der Waals surface area contributed by atoms with Crippen LogP contribution >= 0.6 is 0 Å². The van der Waals surface area contributed by atoms with Crippen molar-refractivity contribution in [2.45, 2.75) is 127 Å². The van der Waals surface area contributed by atoms with E-state index < -0.39 is 112 Å². The molecule has 14 heteroatoms. The Labute approximate surface area is 330 Å². The largest absolute Gasteiger partial charge is 0.460 e. The zero-order valence-corrected chi connectivity index (χ0v) is 33.0. The molecule has 0 aromatic heterocycles. The van der Waals surface area contributed by atoms with Gasteiger partial charge < -0.3 is 44.1 Å². The quantitative estimate of drug-likeness (QED) is 0.164. The van der Waals surface area contributed by atoms with Gasteiger partial charge in [0, 0.05) is 31.1 Å². The first-order valence-corrected chi connectivity index (χ1v) is 19.2. The lowest BCUT2D eigenvalue weighted by atomic mass is 9.20. The normalized spacial score (nSPS) is 37.5. The minimum atomic E-state index is -2.25. The highest BCUT2D eigenvalue weighted by atomic mass is 16.6. The van der Waals surface area contributed by atoms with Crippen LogP contribution in [0, 0.1) is 16.2 Å². The maximum atomic E-state index is 14.8. The Morgan fingerprint density at radius 3 is 2.14 bits per heavy atom. The van der Waals surface area contributed by atoms with Crippen molar-refractivity contribution in [2.24, 2.45) is 16.2 Å². The van der Waals surface area contributed by atoms with Crippen LogP contribution in [-0.4, -0.2) is 110 Å². The lowest BCUT2D eigenvalue weighted by molar-refractivity contribution is -0.472. The van der Waals surface area contributed by atoms with Crippen molar-refractivity contribution in [3.63, 3.8) is 0 Å². The van der Waals surface area contributed by atoms with E-state index in [2.05, 4.69) is 0 Å². The van der Waals surface area contributed by atoms with E-state index >= 15 is 0 Å². The lowest BCUT2D eigenvalue weighted by Gasteiger charge is -2.86. The summed E-state index contributed by atoms with van der Waals surface area (Å²) in [6.07, 6.45) is -10.5. The fourth-order valence-electron chi connectivity index (χ4n) is 11.3.